The lowest BCUT2D eigenvalue weighted by Crippen LogP contribution is -2.41. The van der Waals surface area contributed by atoms with E-state index in [-0.39, 0.29) is 11.0 Å². The average Bonchev–Trinajstić information content (AvgIpc) is 2.96. The quantitative estimate of drug-likeness (QED) is 0.470. The normalized spacial score (nSPS) is 12.9. The third-order valence-corrected chi connectivity index (χ3v) is 9.49. The highest BCUT2D eigenvalue weighted by molar-refractivity contribution is 6.74. The molecule has 0 radical (unpaired) electrons. The number of likely N-dealkylation sites (N-methyl/N-ethyl adjacent to an activating group) is 1. The van der Waals surface area contributed by atoms with Crippen molar-refractivity contribution in [3.63, 3.8) is 0 Å². The minimum absolute atomic E-state index is 0.148. The van der Waals surface area contributed by atoms with Gasteiger partial charge in [0.1, 0.15) is 13.3 Å². The Morgan fingerprint density at radius 2 is 1.86 bits per heavy atom. The van der Waals surface area contributed by atoms with E-state index in [9.17, 15) is 0 Å². The van der Waals surface area contributed by atoms with Crippen LogP contribution in [0.4, 0.5) is 5.95 Å². The van der Waals surface area contributed by atoms with Crippen LogP contribution in [0, 0.1) is 0 Å². The van der Waals surface area contributed by atoms with Crippen LogP contribution >= 0.6 is 0 Å². The summed E-state index contributed by atoms with van der Waals surface area (Å²) in [6, 6.07) is 0. The Morgan fingerprint density at radius 3 is 2.50 bits per heavy atom. The van der Waals surface area contributed by atoms with Crippen molar-refractivity contribution >= 4 is 25.4 Å². The molecule has 2 rings (SSSR count). The second-order valence-corrected chi connectivity index (χ2v) is 13.4. The number of fused-ring (bicyclic) bond motifs is 1. The fourth-order valence-electron chi connectivity index (χ4n) is 2.19. The number of nitrogens with zero attached hydrogens (tertiary/aromatic N) is 5. The van der Waals surface area contributed by atoms with Crippen molar-refractivity contribution in [3.05, 3.63) is 6.33 Å². The molecule has 0 aliphatic rings. The summed E-state index contributed by atoms with van der Waals surface area (Å²) in [4.78, 5) is 14.8. The van der Waals surface area contributed by atoms with Crippen molar-refractivity contribution in [2.45, 2.75) is 45.6 Å². The Balaban J connectivity index is 1.94. The highest BCUT2D eigenvalue weighted by Crippen LogP contribution is 2.36. The zero-order chi connectivity index (χ0) is 20.9. The maximum absolute atomic E-state index is 6.12. The lowest BCUT2D eigenvalue weighted by atomic mass is 10.2. The highest BCUT2D eigenvalue weighted by atomic mass is 28.4. The molecule has 0 aliphatic heterocycles. The lowest BCUT2D eigenvalue weighted by molar-refractivity contribution is 0.0525. The van der Waals surface area contributed by atoms with Gasteiger partial charge in [0.2, 0.25) is 11.8 Å². The summed E-state index contributed by atoms with van der Waals surface area (Å²) in [5.41, 5.74) is 7.01. The molecule has 10 heteroatoms. The Hall–Kier alpha value is -1.75. The van der Waals surface area contributed by atoms with E-state index in [4.69, 9.17) is 19.6 Å². The molecule has 0 amide bonds. The molecule has 2 aromatic heterocycles. The molecule has 0 fully saturated rings. The third kappa shape index (κ3) is 5.87. The van der Waals surface area contributed by atoms with Crippen LogP contribution in [0.15, 0.2) is 6.33 Å². The molecule has 2 aromatic rings. The van der Waals surface area contributed by atoms with E-state index in [0.29, 0.717) is 43.6 Å². The third-order valence-electron chi connectivity index (χ3n) is 4.95. The number of aromatic nitrogens is 4. The first-order chi connectivity index (χ1) is 13.0. The van der Waals surface area contributed by atoms with E-state index in [1.54, 1.807) is 10.9 Å². The molecular formula is C18H34N6O3Si. The Morgan fingerprint density at radius 1 is 1.14 bits per heavy atom. The number of nitrogen functional groups attached to an aromatic ring is 1. The molecule has 0 saturated carbocycles. The van der Waals surface area contributed by atoms with E-state index >= 15 is 0 Å². The zero-order valence-electron chi connectivity index (χ0n) is 18.2. The summed E-state index contributed by atoms with van der Waals surface area (Å²) < 4.78 is 19.4. The number of rotatable bonds is 10. The summed E-state index contributed by atoms with van der Waals surface area (Å²) in [6.07, 6.45) is 1.66. The number of hydrogen-bond acceptors (Lipinski definition) is 8. The molecule has 0 spiro atoms. The van der Waals surface area contributed by atoms with E-state index in [0.717, 1.165) is 6.54 Å². The minimum atomic E-state index is -1.76. The van der Waals surface area contributed by atoms with Crippen LogP contribution in [0.3, 0.4) is 0 Å². The van der Waals surface area contributed by atoms with E-state index in [1.807, 2.05) is 19.0 Å². The fourth-order valence-corrected chi connectivity index (χ4v) is 3.22. The van der Waals surface area contributed by atoms with Gasteiger partial charge in [0.05, 0.1) is 19.5 Å². The Bertz CT molecular complexity index is 773. The molecule has 0 aromatic carbocycles. The van der Waals surface area contributed by atoms with Gasteiger partial charge in [-0.25, -0.2) is 4.98 Å². The molecule has 2 N–H and O–H groups in total. The molecule has 2 heterocycles. The fraction of sp³-hybridized carbons (Fsp3) is 0.722. The summed E-state index contributed by atoms with van der Waals surface area (Å²) >= 11 is 0. The molecule has 0 aliphatic carbocycles. The van der Waals surface area contributed by atoms with E-state index in [2.05, 4.69) is 48.8 Å². The molecule has 28 heavy (non-hydrogen) atoms. The first kappa shape index (κ1) is 22.5. The number of hydrogen-bond donors (Lipinski definition) is 1. The Kier molecular flexibility index (Phi) is 7.37. The average molecular weight is 411 g/mol. The van der Waals surface area contributed by atoms with Crippen LogP contribution in [0.25, 0.3) is 11.2 Å². The van der Waals surface area contributed by atoms with Crippen LogP contribution < -0.4 is 10.5 Å². The molecular weight excluding hydrogens is 376 g/mol. The number of ether oxygens (including phenoxy) is 2. The van der Waals surface area contributed by atoms with Gasteiger partial charge in [-0.15, -0.1) is 0 Å². The molecule has 0 unspecified atom stereocenters. The van der Waals surface area contributed by atoms with E-state index in [1.165, 1.54) is 0 Å². The number of anilines is 1. The molecule has 158 valence electrons. The topological polar surface area (TPSA) is 101 Å². The number of nitrogens with two attached hydrogens (primary N) is 1. The van der Waals surface area contributed by atoms with Gasteiger partial charge in [-0.1, -0.05) is 20.8 Å². The summed E-state index contributed by atoms with van der Waals surface area (Å²) in [5.74, 6) is 0.541. The van der Waals surface area contributed by atoms with Gasteiger partial charge in [-0.3, -0.25) is 4.57 Å². The summed E-state index contributed by atoms with van der Waals surface area (Å²) in [5, 5.41) is 0.185. The van der Waals surface area contributed by atoms with E-state index < -0.39 is 8.32 Å². The van der Waals surface area contributed by atoms with Gasteiger partial charge in [0.25, 0.3) is 0 Å². The zero-order valence-corrected chi connectivity index (χ0v) is 19.2. The Labute approximate surface area is 168 Å². The van der Waals surface area contributed by atoms with Gasteiger partial charge in [-0.2, -0.15) is 9.97 Å². The molecule has 0 saturated heterocycles. The monoisotopic (exact) mass is 410 g/mol. The minimum Gasteiger partial charge on any atom is -0.475 e. The second kappa shape index (κ2) is 9.16. The van der Waals surface area contributed by atoms with Gasteiger partial charge in [0.15, 0.2) is 19.5 Å². The van der Waals surface area contributed by atoms with Gasteiger partial charge in [-0.05, 0) is 32.2 Å². The van der Waals surface area contributed by atoms with Crippen molar-refractivity contribution in [3.8, 4) is 5.88 Å². The summed E-state index contributed by atoms with van der Waals surface area (Å²) in [7, 11) is 2.20. The summed E-state index contributed by atoms with van der Waals surface area (Å²) in [6.45, 7) is 13.8. The first-order valence-corrected chi connectivity index (χ1v) is 12.4. The van der Waals surface area contributed by atoms with Crippen LogP contribution in [-0.2, 0) is 15.9 Å². The van der Waals surface area contributed by atoms with Crippen molar-refractivity contribution in [2.75, 3.05) is 46.2 Å². The van der Waals surface area contributed by atoms with Crippen LogP contribution in [0.2, 0.25) is 18.1 Å². The first-order valence-electron chi connectivity index (χ1n) is 9.49. The van der Waals surface area contributed by atoms with Gasteiger partial charge < -0.3 is 24.5 Å². The predicted octanol–water partition coefficient (Wildman–Crippen LogP) is 2.34. The second-order valence-electron chi connectivity index (χ2n) is 8.57. The highest BCUT2D eigenvalue weighted by Gasteiger charge is 2.36. The van der Waals surface area contributed by atoms with Crippen molar-refractivity contribution in [1.82, 2.24) is 24.4 Å². The molecule has 0 atom stereocenters. The molecule has 0 bridgehead atoms. The lowest BCUT2D eigenvalue weighted by Gasteiger charge is -2.36. The predicted molar refractivity (Wildman–Crippen MR) is 113 cm³/mol. The van der Waals surface area contributed by atoms with Crippen LogP contribution in [0.1, 0.15) is 20.8 Å². The van der Waals surface area contributed by atoms with Crippen molar-refractivity contribution < 1.29 is 13.9 Å². The van der Waals surface area contributed by atoms with Crippen molar-refractivity contribution in [1.29, 1.82) is 0 Å². The van der Waals surface area contributed by atoms with Crippen molar-refractivity contribution in [2.24, 2.45) is 0 Å². The smallest absolute Gasteiger partial charge is 0.247 e. The standard InChI is InChI=1S/C18H34N6O3Si/c1-18(2,3)28(6,7)27-11-10-25-13-24-12-20-14-15(24)21-17(19)22-16(14)26-9-8-23(4)5/h12H,8-11,13H2,1-7H3,(H2,19,21,22). The van der Waals surface area contributed by atoms with Crippen LogP contribution in [-0.4, -0.2) is 73.2 Å². The van der Waals surface area contributed by atoms with Gasteiger partial charge in [0, 0.05) is 6.54 Å². The maximum atomic E-state index is 6.12. The SMILES string of the molecule is CN(C)CCOc1nc(N)nc2c1ncn2COCCO[Si](C)(C)C(C)(C)C. The number of imidazole rings is 1. The van der Waals surface area contributed by atoms with Crippen LogP contribution in [0.5, 0.6) is 5.88 Å². The van der Waals surface area contributed by atoms with Gasteiger partial charge >= 0.3 is 0 Å². The molecule has 9 nitrogen and oxygen atoms in total. The largest absolute Gasteiger partial charge is 0.475 e. The maximum Gasteiger partial charge on any atom is 0.247 e.